The molecule has 18 heavy (non-hydrogen) atoms. The SMILES string of the molecule is CC.CC(C)c1cccc2c1Cc1ccccc1-2. The van der Waals surface area contributed by atoms with Crippen molar-refractivity contribution in [1.82, 2.24) is 0 Å². The van der Waals surface area contributed by atoms with Crippen LogP contribution in [0.1, 0.15) is 50.3 Å². The molecule has 0 saturated heterocycles. The highest BCUT2D eigenvalue weighted by molar-refractivity contribution is 5.78. The zero-order chi connectivity index (χ0) is 13.1. The maximum Gasteiger partial charge on any atom is -0.00106 e. The second-order valence-corrected chi connectivity index (χ2v) is 4.86. The van der Waals surface area contributed by atoms with Crippen LogP contribution in [0.2, 0.25) is 0 Å². The Hall–Kier alpha value is -1.56. The highest BCUT2D eigenvalue weighted by Crippen LogP contribution is 2.39. The molecule has 0 N–H and O–H groups in total. The Morgan fingerprint density at radius 2 is 1.50 bits per heavy atom. The zero-order valence-corrected chi connectivity index (χ0v) is 11.8. The molecule has 2 aromatic rings. The van der Waals surface area contributed by atoms with Gasteiger partial charge in [0, 0.05) is 0 Å². The van der Waals surface area contributed by atoms with E-state index < -0.39 is 0 Å². The molecular weight excluding hydrogens is 216 g/mol. The van der Waals surface area contributed by atoms with Crippen LogP contribution < -0.4 is 0 Å². The first kappa shape index (κ1) is 12.9. The van der Waals surface area contributed by atoms with Crippen molar-refractivity contribution in [2.45, 2.75) is 40.0 Å². The third-order valence-corrected chi connectivity index (χ3v) is 3.51. The molecule has 0 aliphatic heterocycles. The molecule has 1 aliphatic carbocycles. The molecular formula is C18H22. The maximum atomic E-state index is 2.28. The maximum absolute atomic E-state index is 2.28. The molecule has 94 valence electrons. The van der Waals surface area contributed by atoms with Crippen LogP contribution in [-0.4, -0.2) is 0 Å². The number of hydrogen-bond donors (Lipinski definition) is 0. The lowest BCUT2D eigenvalue weighted by atomic mass is 9.94. The first-order valence-electron chi connectivity index (χ1n) is 6.97. The second-order valence-electron chi connectivity index (χ2n) is 4.86. The van der Waals surface area contributed by atoms with Crippen molar-refractivity contribution >= 4 is 0 Å². The summed E-state index contributed by atoms with van der Waals surface area (Å²) in [6.07, 6.45) is 1.11. The fourth-order valence-corrected chi connectivity index (χ4v) is 2.72. The molecule has 1 aliphatic rings. The summed E-state index contributed by atoms with van der Waals surface area (Å²) in [5, 5.41) is 0. The molecule has 0 radical (unpaired) electrons. The molecule has 2 aromatic carbocycles. The molecule has 0 saturated carbocycles. The van der Waals surface area contributed by atoms with Crippen LogP contribution in [0.15, 0.2) is 42.5 Å². The number of benzene rings is 2. The van der Waals surface area contributed by atoms with E-state index in [1.807, 2.05) is 13.8 Å². The molecule has 0 aromatic heterocycles. The van der Waals surface area contributed by atoms with Crippen LogP contribution in [0.25, 0.3) is 11.1 Å². The van der Waals surface area contributed by atoms with E-state index in [2.05, 4.69) is 56.3 Å². The van der Waals surface area contributed by atoms with E-state index in [1.165, 1.54) is 22.3 Å². The Morgan fingerprint density at radius 1 is 0.833 bits per heavy atom. The molecule has 0 nitrogen and oxygen atoms in total. The average molecular weight is 238 g/mol. The van der Waals surface area contributed by atoms with Crippen LogP contribution in [0.3, 0.4) is 0 Å². The lowest BCUT2D eigenvalue weighted by Gasteiger charge is -2.11. The minimum atomic E-state index is 0.615. The van der Waals surface area contributed by atoms with Gasteiger partial charge in [0.15, 0.2) is 0 Å². The molecule has 0 spiro atoms. The minimum absolute atomic E-state index is 0.615. The van der Waals surface area contributed by atoms with E-state index in [0.717, 1.165) is 6.42 Å². The topological polar surface area (TPSA) is 0 Å². The van der Waals surface area contributed by atoms with Gasteiger partial charge in [-0.05, 0) is 40.2 Å². The quantitative estimate of drug-likeness (QED) is 0.532. The molecule has 0 amide bonds. The van der Waals surface area contributed by atoms with E-state index in [4.69, 9.17) is 0 Å². The predicted octanol–water partition coefficient (Wildman–Crippen LogP) is 5.41. The van der Waals surface area contributed by atoms with Crippen molar-refractivity contribution in [3.8, 4) is 11.1 Å². The molecule has 0 heterocycles. The molecule has 0 bridgehead atoms. The number of hydrogen-bond acceptors (Lipinski definition) is 0. The summed E-state index contributed by atoms with van der Waals surface area (Å²) in [6.45, 7) is 8.55. The van der Waals surface area contributed by atoms with Crippen molar-refractivity contribution in [2.75, 3.05) is 0 Å². The lowest BCUT2D eigenvalue weighted by molar-refractivity contribution is 0.852. The van der Waals surface area contributed by atoms with Crippen molar-refractivity contribution in [3.05, 3.63) is 59.2 Å². The van der Waals surface area contributed by atoms with Crippen LogP contribution in [-0.2, 0) is 6.42 Å². The first-order valence-corrected chi connectivity index (χ1v) is 6.97. The summed E-state index contributed by atoms with van der Waals surface area (Å²) in [7, 11) is 0. The Morgan fingerprint density at radius 3 is 2.22 bits per heavy atom. The van der Waals surface area contributed by atoms with Gasteiger partial charge in [0.2, 0.25) is 0 Å². The molecule has 0 atom stereocenters. The molecule has 0 unspecified atom stereocenters. The van der Waals surface area contributed by atoms with E-state index in [0.29, 0.717) is 5.92 Å². The van der Waals surface area contributed by atoms with Gasteiger partial charge in [-0.2, -0.15) is 0 Å². The summed E-state index contributed by atoms with van der Waals surface area (Å²) in [5.41, 5.74) is 7.40. The summed E-state index contributed by atoms with van der Waals surface area (Å²) >= 11 is 0. The Kier molecular flexibility index (Phi) is 3.86. The van der Waals surface area contributed by atoms with E-state index in [1.54, 1.807) is 5.56 Å². The van der Waals surface area contributed by atoms with Crippen molar-refractivity contribution < 1.29 is 0 Å². The first-order chi connectivity index (χ1) is 8.77. The summed E-state index contributed by atoms with van der Waals surface area (Å²) in [6, 6.07) is 15.5. The zero-order valence-electron chi connectivity index (χ0n) is 11.8. The van der Waals surface area contributed by atoms with Gasteiger partial charge in [-0.3, -0.25) is 0 Å². The van der Waals surface area contributed by atoms with Crippen LogP contribution in [0.5, 0.6) is 0 Å². The van der Waals surface area contributed by atoms with Crippen molar-refractivity contribution in [2.24, 2.45) is 0 Å². The average Bonchev–Trinajstić information content (AvgIpc) is 2.79. The predicted molar refractivity (Wildman–Crippen MR) is 80.1 cm³/mol. The number of rotatable bonds is 1. The third kappa shape index (κ3) is 2.08. The van der Waals surface area contributed by atoms with Crippen LogP contribution in [0, 0.1) is 0 Å². The van der Waals surface area contributed by atoms with E-state index in [-0.39, 0.29) is 0 Å². The minimum Gasteiger partial charge on any atom is -0.0683 e. The highest BCUT2D eigenvalue weighted by atomic mass is 14.2. The van der Waals surface area contributed by atoms with Crippen molar-refractivity contribution in [1.29, 1.82) is 0 Å². The van der Waals surface area contributed by atoms with Gasteiger partial charge in [0.25, 0.3) is 0 Å². The second kappa shape index (κ2) is 5.39. The molecule has 3 rings (SSSR count). The molecule has 0 heteroatoms. The van der Waals surface area contributed by atoms with Crippen LogP contribution in [0.4, 0.5) is 0 Å². The standard InChI is InChI=1S/C16H16.C2H6/c1-11(2)13-8-5-9-15-14-7-4-3-6-12(14)10-16(13)15;1-2/h3-9,11H,10H2,1-2H3;1-2H3. The van der Waals surface area contributed by atoms with Crippen molar-refractivity contribution in [3.63, 3.8) is 0 Å². The largest absolute Gasteiger partial charge is 0.0683 e. The van der Waals surface area contributed by atoms with Gasteiger partial charge in [-0.25, -0.2) is 0 Å². The summed E-state index contributed by atoms with van der Waals surface area (Å²) < 4.78 is 0. The normalized spacial score (nSPS) is 11.6. The number of fused-ring (bicyclic) bond motifs is 3. The highest BCUT2D eigenvalue weighted by Gasteiger charge is 2.20. The fourth-order valence-electron chi connectivity index (χ4n) is 2.72. The third-order valence-electron chi connectivity index (χ3n) is 3.51. The van der Waals surface area contributed by atoms with Gasteiger partial charge in [-0.1, -0.05) is 70.2 Å². The van der Waals surface area contributed by atoms with Gasteiger partial charge in [-0.15, -0.1) is 0 Å². The Balaban J connectivity index is 0.000000574. The molecule has 0 fully saturated rings. The summed E-state index contributed by atoms with van der Waals surface area (Å²) in [5.74, 6) is 0.615. The summed E-state index contributed by atoms with van der Waals surface area (Å²) in [4.78, 5) is 0. The van der Waals surface area contributed by atoms with Gasteiger partial charge in [0.1, 0.15) is 0 Å². The Bertz CT molecular complexity index is 535. The van der Waals surface area contributed by atoms with Crippen LogP contribution >= 0.6 is 0 Å². The van der Waals surface area contributed by atoms with Gasteiger partial charge in [0.05, 0.1) is 0 Å². The van der Waals surface area contributed by atoms with Gasteiger partial charge >= 0.3 is 0 Å². The van der Waals surface area contributed by atoms with E-state index in [9.17, 15) is 0 Å². The smallest absolute Gasteiger partial charge is 0.00106 e. The lowest BCUT2D eigenvalue weighted by Crippen LogP contribution is -1.94. The van der Waals surface area contributed by atoms with E-state index >= 15 is 0 Å². The fraction of sp³-hybridized carbons (Fsp3) is 0.333. The Labute approximate surface area is 111 Å². The van der Waals surface area contributed by atoms with Gasteiger partial charge < -0.3 is 0 Å². The monoisotopic (exact) mass is 238 g/mol.